The second kappa shape index (κ2) is 11.1. The molecule has 10 nitrogen and oxygen atoms in total. The highest BCUT2D eigenvalue weighted by Crippen LogP contribution is 2.30. The van der Waals surface area contributed by atoms with Gasteiger partial charge in [-0.2, -0.15) is 0 Å². The highest BCUT2D eigenvalue weighted by molar-refractivity contribution is 6.23. The lowest BCUT2D eigenvalue weighted by molar-refractivity contribution is -0.128. The first-order chi connectivity index (χ1) is 18.9. The van der Waals surface area contributed by atoms with Crippen LogP contribution in [-0.4, -0.2) is 67.8 Å². The summed E-state index contributed by atoms with van der Waals surface area (Å²) >= 11 is 0. The first kappa shape index (κ1) is 26.1. The van der Waals surface area contributed by atoms with Crippen LogP contribution in [0.2, 0.25) is 0 Å². The number of para-hydroxylation sites is 2. The number of hydrogen-bond acceptors (Lipinski definition) is 8. The molecule has 10 heteroatoms. The van der Waals surface area contributed by atoms with Crippen molar-refractivity contribution in [1.82, 2.24) is 9.88 Å². The lowest BCUT2D eigenvalue weighted by Gasteiger charge is -2.30. The number of nitrogens with zero attached hydrogens (tertiary/aromatic N) is 3. The second-order valence-corrected chi connectivity index (χ2v) is 8.91. The van der Waals surface area contributed by atoms with Crippen LogP contribution in [0.15, 0.2) is 77.2 Å². The van der Waals surface area contributed by atoms with Crippen LogP contribution in [0.3, 0.4) is 0 Å². The highest BCUT2D eigenvalue weighted by Gasteiger charge is 2.45. The lowest BCUT2D eigenvalue weighted by atomic mass is 10.1. The van der Waals surface area contributed by atoms with E-state index in [1.165, 1.54) is 26.2 Å². The summed E-state index contributed by atoms with van der Waals surface area (Å²) in [5.74, 6) is -0.469. The van der Waals surface area contributed by atoms with Crippen molar-refractivity contribution < 1.29 is 33.0 Å². The van der Waals surface area contributed by atoms with Gasteiger partial charge in [0, 0.05) is 25.3 Å². The maximum Gasteiger partial charge on any atom is 0.257 e. The van der Waals surface area contributed by atoms with E-state index in [1.807, 2.05) is 24.3 Å². The summed E-state index contributed by atoms with van der Waals surface area (Å²) in [6, 6.07) is 19.8. The van der Waals surface area contributed by atoms with Gasteiger partial charge in [0.05, 0.1) is 25.8 Å². The molecule has 1 aliphatic rings. The van der Waals surface area contributed by atoms with Gasteiger partial charge >= 0.3 is 0 Å². The van der Waals surface area contributed by atoms with Crippen molar-refractivity contribution in [3.63, 3.8) is 0 Å². The quantitative estimate of drug-likeness (QED) is 0.237. The van der Waals surface area contributed by atoms with Crippen LogP contribution < -0.4 is 9.64 Å². The van der Waals surface area contributed by atoms with Crippen molar-refractivity contribution in [3.8, 4) is 17.2 Å². The molecule has 1 fully saturated rings. The monoisotopic (exact) mass is 529 g/mol. The minimum absolute atomic E-state index is 0.0583. The van der Waals surface area contributed by atoms with Gasteiger partial charge in [0.2, 0.25) is 11.8 Å². The predicted octanol–water partition coefficient (Wildman–Crippen LogP) is 3.90. The first-order valence-electron chi connectivity index (χ1n) is 12.3. The van der Waals surface area contributed by atoms with Gasteiger partial charge in [0.1, 0.15) is 17.3 Å². The fraction of sp³-hybridized carbons (Fsp3) is 0.241. The van der Waals surface area contributed by atoms with Crippen LogP contribution in [0.4, 0.5) is 5.69 Å². The predicted molar refractivity (Wildman–Crippen MR) is 142 cm³/mol. The molecule has 1 atom stereocenters. The Morgan fingerprint density at radius 2 is 1.77 bits per heavy atom. The third kappa shape index (κ3) is 5.12. The molecule has 1 aromatic heterocycles. The molecule has 1 saturated heterocycles. The molecule has 1 unspecified atom stereocenters. The molecule has 39 heavy (non-hydrogen) atoms. The van der Waals surface area contributed by atoms with Crippen LogP contribution in [0, 0.1) is 0 Å². The summed E-state index contributed by atoms with van der Waals surface area (Å²) < 4.78 is 21.7. The standard InChI is InChI=1S/C29H27N3O7/c1-36-21-8-6-7-19(15-21)28(34)31(17-26(37-2)38-3)23-16-25(33)32(29(23)35)20-13-11-18(12-14-20)27-30-22-9-4-5-10-24(22)39-27/h4-15,23,26H,16-17H2,1-3H3. The molecule has 1 aliphatic heterocycles. The zero-order valence-corrected chi connectivity index (χ0v) is 21.7. The van der Waals surface area contributed by atoms with Crippen molar-refractivity contribution in [2.75, 3.05) is 32.8 Å². The van der Waals surface area contributed by atoms with Crippen LogP contribution in [0.1, 0.15) is 16.8 Å². The Morgan fingerprint density at radius 3 is 2.46 bits per heavy atom. The average Bonchev–Trinajstić information content (AvgIpc) is 3.53. The van der Waals surface area contributed by atoms with Crippen LogP contribution in [0.25, 0.3) is 22.6 Å². The first-order valence-corrected chi connectivity index (χ1v) is 12.3. The van der Waals surface area contributed by atoms with E-state index in [4.69, 9.17) is 18.6 Å². The Balaban J connectivity index is 1.42. The summed E-state index contributed by atoms with van der Waals surface area (Å²) in [6.45, 7) is -0.0583. The third-order valence-corrected chi connectivity index (χ3v) is 6.61. The summed E-state index contributed by atoms with van der Waals surface area (Å²) in [7, 11) is 4.38. The van der Waals surface area contributed by atoms with E-state index in [0.29, 0.717) is 34.0 Å². The Morgan fingerprint density at radius 1 is 1.03 bits per heavy atom. The molecule has 0 N–H and O–H groups in total. The number of benzene rings is 3. The number of ether oxygens (including phenoxy) is 3. The molecular formula is C29H27N3O7. The van der Waals surface area contributed by atoms with Gasteiger partial charge in [0.15, 0.2) is 11.9 Å². The Hall–Kier alpha value is -4.54. The molecule has 3 amide bonds. The van der Waals surface area contributed by atoms with Gasteiger partial charge < -0.3 is 23.5 Å². The molecule has 200 valence electrons. The molecule has 0 spiro atoms. The number of fused-ring (bicyclic) bond motifs is 1. The van der Waals surface area contributed by atoms with Crippen LogP contribution >= 0.6 is 0 Å². The van der Waals surface area contributed by atoms with E-state index in [2.05, 4.69) is 4.98 Å². The maximum atomic E-state index is 13.6. The molecule has 5 rings (SSSR count). The zero-order chi connectivity index (χ0) is 27.5. The van der Waals surface area contributed by atoms with E-state index in [1.54, 1.807) is 48.5 Å². The molecule has 3 aromatic carbocycles. The SMILES string of the molecule is COc1cccc(C(=O)N(CC(OC)OC)C2CC(=O)N(c3ccc(-c4nc5ccccc5o4)cc3)C2=O)c1. The summed E-state index contributed by atoms with van der Waals surface area (Å²) in [5.41, 5.74) is 2.78. The van der Waals surface area contributed by atoms with Crippen LogP contribution in [0.5, 0.6) is 5.75 Å². The smallest absolute Gasteiger partial charge is 0.257 e. The van der Waals surface area contributed by atoms with E-state index in [9.17, 15) is 14.4 Å². The Bertz CT molecular complexity index is 1480. The summed E-state index contributed by atoms with van der Waals surface area (Å²) in [5, 5.41) is 0. The molecule has 0 aliphatic carbocycles. The number of carbonyl (C=O) groups is 3. The number of amides is 3. The number of anilines is 1. The Kier molecular flexibility index (Phi) is 7.40. The van der Waals surface area contributed by atoms with Crippen molar-refractivity contribution in [3.05, 3.63) is 78.4 Å². The van der Waals surface area contributed by atoms with Crippen molar-refractivity contribution in [2.24, 2.45) is 0 Å². The molecule has 2 heterocycles. The number of carbonyl (C=O) groups excluding carboxylic acids is 3. The van der Waals surface area contributed by atoms with Crippen molar-refractivity contribution in [1.29, 1.82) is 0 Å². The largest absolute Gasteiger partial charge is 0.497 e. The van der Waals surface area contributed by atoms with Crippen molar-refractivity contribution in [2.45, 2.75) is 18.8 Å². The lowest BCUT2D eigenvalue weighted by Crippen LogP contribution is -2.49. The summed E-state index contributed by atoms with van der Waals surface area (Å²) in [6.07, 6.45) is -0.978. The Labute approximate surface area is 224 Å². The minimum Gasteiger partial charge on any atom is -0.497 e. The van der Waals surface area contributed by atoms with E-state index < -0.39 is 30.1 Å². The van der Waals surface area contributed by atoms with E-state index in [-0.39, 0.29) is 13.0 Å². The maximum absolute atomic E-state index is 13.6. The third-order valence-electron chi connectivity index (χ3n) is 6.61. The van der Waals surface area contributed by atoms with E-state index >= 15 is 0 Å². The van der Waals surface area contributed by atoms with Crippen molar-refractivity contribution >= 4 is 34.5 Å². The summed E-state index contributed by atoms with van der Waals surface area (Å²) in [4.78, 5) is 47.2. The van der Waals surface area contributed by atoms with Gasteiger partial charge in [-0.15, -0.1) is 0 Å². The number of rotatable bonds is 9. The average molecular weight is 530 g/mol. The number of methoxy groups -OCH3 is 3. The molecular weight excluding hydrogens is 502 g/mol. The molecule has 0 radical (unpaired) electrons. The van der Waals surface area contributed by atoms with Gasteiger partial charge in [-0.1, -0.05) is 18.2 Å². The number of aromatic nitrogens is 1. The van der Waals surface area contributed by atoms with Gasteiger partial charge in [-0.05, 0) is 54.6 Å². The fourth-order valence-corrected chi connectivity index (χ4v) is 4.56. The fourth-order valence-electron chi connectivity index (χ4n) is 4.56. The van der Waals surface area contributed by atoms with Crippen LogP contribution in [-0.2, 0) is 19.1 Å². The van der Waals surface area contributed by atoms with Gasteiger partial charge in [-0.25, -0.2) is 9.88 Å². The number of hydrogen-bond donors (Lipinski definition) is 0. The molecule has 0 bridgehead atoms. The molecule has 0 saturated carbocycles. The van der Waals surface area contributed by atoms with Gasteiger partial charge in [-0.3, -0.25) is 14.4 Å². The number of oxazole rings is 1. The second-order valence-electron chi connectivity index (χ2n) is 8.91. The van der Waals surface area contributed by atoms with Gasteiger partial charge in [0.25, 0.3) is 11.8 Å². The molecule has 4 aromatic rings. The number of imide groups is 1. The van der Waals surface area contributed by atoms with E-state index in [0.717, 1.165) is 10.4 Å². The minimum atomic E-state index is -1.04. The highest BCUT2D eigenvalue weighted by atomic mass is 16.7. The topological polar surface area (TPSA) is 111 Å². The zero-order valence-electron chi connectivity index (χ0n) is 21.7. The normalized spacial score (nSPS) is 15.4.